The van der Waals surface area contributed by atoms with Crippen molar-refractivity contribution in [2.24, 2.45) is 56.7 Å². The van der Waals surface area contributed by atoms with Crippen molar-refractivity contribution < 1.29 is 24.5 Å². The molecule has 0 amide bonds. The average Bonchev–Trinajstić information content (AvgIpc) is 3.25. The second kappa shape index (κ2) is 9.16. The van der Waals surface area contributed by atoms with E-state index in [0.29, 0.717) is 42.0 Å². The number of ether oxygens (including phenoxy) is 1. The predicted octanol–water partition coefficient (Wildman–Crippen LogP) is 6.11. The number of esters is 1. The summed E-state index contributed by atoms with van der Waals surface area (Å²) in [5.74, 6) is 2.24. The Bertz CT molecular complexity index is 1000. The number of carbonyl (C=O) groups is 2. The van der Waals surface area contributed by atoms with Crippen LogP contribution >= 0.6 is 0 Å². The van der Waals surface area contributed by atoms with Crippen molar-refractivity contribution in [2.45, 2.75) is 112 Å². The average molecular weight is 529 g/mol. The van der Waals surface area contributed by atoms with Crippen LogP contribution in [0.3, 0.4) is 0 Å². The molecule has 214 valence electrons. The first-order valence-electron chi connectivity index (χ1n) is 15.3. The fraction of sp³-hybridized carbons (Fsp3) is 0.879. The summed E-state index contributed by atoms with van der Waals surface area (Å²) in [6.45, 7) is 18.5. The molecule has 6 unspecified atom stereocenters. The van der Waals surface area contributed by atoms with Crippen LogP contribution in [0.1, 0.15) is 106 Å². The van der Waals surface area contributed by atoms with Crippen LogP contribution in [0, 0.1) is 56.7 Å². The standard InChI is InChI=1S/C33H52O5/c1-20(2)21-10-15-33(19-38-28(37)23(35)18-34)17-16-31(6)22(27(21)33)8-9-25-30(5)13-12-26(36)29(3,4)24(30)11-14-32(25,31)7/h21-25,27,34-35H,1,8-19H2,2-7H3/t21?,22?,23?,24?,25?,27?,30-,31+,32+,33+/m0/s1. The van der Waals surface area contributed by atoms with E-state index in [1.54, 1.807) is 0 Å². The Labute approximate surface area is 230 Å². The van der Waals surface area contributed by atoms with Gasteiger partial charge >= 0.3 is 5.97 Å². The number of hydrogen-bond acceptors (Lipinski definition) is 5. The topological polar surface area (TPSA) is 83.8 Å². The quantitative estimate of drug-likeness (QED) is 0.332. The van der Waals surface area contributed by atoms with Crippen molar-refractivity contribution >= 4 is 11.8 Å². The number of ketones is 1. The van der Waals surface area contributed by atoms with E-state index in [2.05, 4.69) is 48.1 Å². The van der Waals surface area contributed by atoms with Gasteiger partial charge in [0.05, 0.1) is 13.2 Å². The second-order valence-corrected chi connectivity index (χ2v) is 15.5. The number of Topliss-reactive ketones (excluding diaryl/α,β-unsaturated/α-hetero) is 1. The van der Waals surface area contributed by atoms with Crippen molar-refractivity contribution in [1.29, 1.82) is 0 Å². The van der Waals surface area contributed by atoms with E-state index in [-0.39, 0.29) is 27.1 Å². The number of carbonyl (C=O) groups excluding carboxylic acids is 2. The zero-order chi connectivity index (χ0) is 27.9. The highest BCUT2D eigenvalue weighted by Gasteiger charge is 2.71. The van der Waals surface area contributed by atoms with Crippen molar-refractivity contribution in [3.8, 4) is 0 Å². The van der Waals surface area contributed by atoms with Gasteiger partial charge in [0.2, 0.25) is 0 Å². The first kappa shape index (κ1) is 28.3. The third-order valence-corrected chi connectivity index (χ3v) is 13.9. The van der Waals surface area contributed by atoms with E-state index in [1.165, 1.54) is 24.8 Å². The summed E-state index contributed by atoms with van der Waals surface area (Å²) >= 11 is 0. The summed E-state index contributed by atoms with van der Waals surface area (Å²) < 4.78 is 5.72. The van der Waals surface area contributed by atoms with E-state index in [9.17, 15) is 19.8 Å². The Morgan fingerprint density at radius 2 is 1.68 bits per heavy atom. The molecule has 0 aliphatic heterocycles. The second-order valence-electron chi connectivity index (χ2n) is 15.5. The Balaban J connectivity index is 1.49. The lowest BCUT2D eigenvalue weighted by molar-refractivity contribution is -0.237. The molecule has 0 aromatic heterocycles. The van der Waals surface area contributed by atoms with Gasteiger partial charge in [0, 0.05) is 17.3 Å². The van der Waals surface area contributed by atoms with Gasteiger partial charge < -0.3 is 14.9 Å². The van der Waals surface area contributed by atoms with Crippen LogP contribution in [0.5, 0.6) is 0 Å². The van der Waals surface area contributed by atoms with Crippen LogP contribution in [-0.2, 0) is 14.3 Å². The highest BCUT2D eigenvalue weighted by molar-refractivity contribution is 5.85. The Hall–Kier alpha value is -1.20. The lowest BCUT2D eigenvalue weighted by Gasteiger charge is -2.72. The number of hydrogen-bond donors (Lipinski definition) is 2. The maximum absolute atomic E-state index is 13.0. The Morgan fingerprint density at radius 1 is 0.974 bits per heavy atom. The van der Waals surface area contributed by atoms with Gasteiger partial charge in [-0.15, -0.1) is 0 Å². The monoisotopic (exact) mass is 528 g/mol. The van der Waals surface area contributed by atoms with Crippen LogP contribution in [0.4, 0.5) is 0 Å². The number of fused-ring (bicyclic) bond motifs is 7. The summed E-state index contributed by atoms with van der Waals surface area (Å²) in [4.78, 5) is 25.4. The molecule has 0 saturated heterocycles. The van der Waals surface area contributed by atoms with Crippen LogP contribution in [-0.4, -0.2) is 41.3 Å². The molecule has 5 aliphatic rings. The summed E-state index contributed by atoms with van der Waals surface area (Å²) in [6, 6.07) is 0. The van der Waals surface area contributed by atoms with Crippen molar-refractivity contribution in [3.05, 3.63) is 12.2 Å². The highest BCUT2D eigenvalue weighted by atomic mass is 16.5. The molecule has 5 aliphatic carbocycles. The lowest BCUT2D eigenvalue weighted by atomic mass is 9.32. The molecule has 0 aromatic carbocycles. The van der Waals surface area contributed by atoms with Crippen LogP contribution in [0.2, 0.25) is 0 Å². The van der Waals surface area contributed by atoms with Gasteiger partial charge in [-0.25, -0.2) is 4.79 Å². The van der Waals surface area contributed by atoms with E-state index in [0.717, 1.165) is 44.9 Å². The minimum absolute atomic E-state index is 0.0812. The van der Waals surface area contributed by atoms with Gasteiger partial charge in [0.25, 0.3) is 0 Å². The Kier molecular flexibility index (Phi) is 6.83. The van der Waals surface area contributed by atoms with Gasteiger partial charge in [-0.3, -0.25) is 4.79 Å². The molecule has 5 rings (SSSR count). The van der Waals surface area contributed by atoms with Crippen LogP contribution < -0.4 is 0 Å². The molecule has 0 radical (unpaired) electrons. The van der Waals surface area contributed by atoms with Crippen molar-refractivity contribution in [3.63, 3.8) is 0 Å². The Morgan fingerprint density at radius 3 is 2.34 bits per heavy atom. The maximum Gasteiger partial charge on any atom is 0.337 e. The summed E-state index contributed by atoms with van der Waals surface area (Å²) in [7, 11) is 0. The fourth-order valence-corrected chi connectivity index (χ4v) is 11.7. The van der Waals surface area contributed by atoms with E-state index < -0.39 is 18.7 Å². The molecular formula is C33H52O5. The molecule has 5 heteroatoms. The number of allylic oxidation sites excluding steroid dienone is 1. The minimum atomic E-state index is -1.46. The van der Waals surface area contributed by atoms with Gasteiger partial charge in [-0.05, 0) is 111 Å². The smallest absolute Gasteiger partial charge is 0.337 e. The highest BCUT2D eigenvalue weighted by Crippen LogP contribution is 2.77. The largest absolute Gasteiger partial charge is 0.463 e. The minimum Gasteiger partial charge on any atom is -0.463 e. The van der Waals surface area contributed by atoms with Gasteiger partial charge in [0.15, 0.2) is 6.10 Å². The SMILES string of the molecule is C=C(C)C1CC[C@]2(COC(=O)C(O)CO)CC[C@]3(C)C(CCC4[C@@]5(C)CCC(=O)C(C)(C)C5CC[C@]43C)C12. The summed E-state index contributed by atoms with van der Waals surface area (Å²) in [6.07, 6.45) is 9.31. The number of aliphatic hydroxyl groups excluding tert-OH is 2. The van der Waals surface area contributed by atoms with E-state index in [1.807, 2.05) is 0 Å². The molecule has 5 saturated carbocycles. The molecule has 0 heterocycles. The van der Waals surface area contributed by atoms with Gasteiger partial charge in [0.1, 0.15) is 5.78 Å². The molecular weight excluding hydrogens is 476 g/mol. The molecule has 5 fully saturated rings. The molecule has 2 N–H and O–H groups in total. The third kappa shape index (κ3) is 3.69. The third-order valence-electron chi connectivity index (χ3n) is 13.9. The lowest BCUT2D eigenvalue weighted by Crippen LogP contribution is -2.66. The van der Waals surface area contributed by atoms with E-state index >= 15 is 0 Å². The van der Waals surface area contributed by atoms with Crippen LogP contribution in [0.25, 0.3) is 0 Å². The summed E-state index contributed by atoms with van der Waals surface area (Å²) in [5, 5.41) is 19.1. The van der Waals surface area contributed by atoms with Crippen molar-refractivity contribution in [2.75, 3.05) is 13.2 Å². The van der Waals surface area contributed by atoms with Gasteiger partial charge in [-0.2, -0.15) is 0 Å². The van der Waals surface area contributed by atoms with E-state index in [4.69, 9.17) is 4.74 Å². The van der Waals surface area contributed by atoms with Crippen LogP contribution in [0.15, 0.2) is 12.2 Å². The molecule has 10 atom stereocenters. The zero-order valence-electron chi connectivity index (χ0n) is 24.8. The first-order valence-corrected chi connectivity index (χ1v) is 15.3. The molecule has 0 bridgehead atoms. The number of rotatable bonds is 5. The maximum atomic E-state index is 13.0. The molecule has 38 heavy (non-hydrogen) atoms. The molecule has 5 nitrogen and oxygen atoms in total. The number of aliphatic hydroxyl groups is 2. The van der Waals surface area contributed by atoms with Gasteiger partial charge in [-0.1, -0.05) is 46.8 Å². The predicted molar refractivity (Wildman–Crippen MR) is 148 cm³/mol. The molecule has 0 spiro atoms. The summed E-state index contributed by atoms with van der Waals surface area (Å²) in [5.41, 5.74) is 1.55. The van der Waals surface area contributed by atoms with Crippen molar-refractivity contribution in [1.82, 2.24) is 0 Å². The molecule has 0 aromatic rings. The first-order chi connectivity index (χ1) is 17.7. The zero-order valence-corrected chi connectivity index (χ0v) is 24.8. The normalized spacial score (nSPS) is 48.2. The fourth-order valence-electron chi connectivity index (χ4n) is 11.7.